The van der Waals surface area contributed by atoms with Gasteiger partial charge in [-0.15, -0.1) is 0 Å². The zero-order valence-corrected chi connectivity index (χ0v) is 13.2. The third kappa shape index (κ3) is 3.42. The zero-order valence-electron chi connectivity index (χ0n) is 12.3. The summed E-state index contributed by atoms with van der Waals surface area (Å²) in [5, 5.41) is 0.337. The average Bonchev–Trinajstić information content (AvgIpc) is 2.62. The molecule has 0 bridgehead atoms. The number of rotatable bonds is 2. The van der Waals surface area contributed by atoms with Gasteiger partial charge in [-0.2, -0.15) is 4.20 Å². The van der Waals surface area contributed by atoms with Crippen molar-refractivity contribution in [2.45, 2.75) is 0 Å². The van der Waals surface area contributed by atoms with Crippen molar-refractivity contribution in [3.05, 3.63) is 96.1 Å². The van der Waals surface area contributed by atoms with Gasteiger partial charge in [0.05, 0.1) is 5.30 Å². The minimum Gasteiger partial charge on any atom is -0.277 e. The van der Waals surface area contributed by atoms with Crippen LogP contribution in [0.15, 0.2) is 84.9 Å². The number of benzene rings is 3. The lowest BCUT2D eigenvalue weighted by Crippen LogP contribution is -2.15. The van der Waals surface area contributed by atoms with E-state index in [1.165, 1.54) is 0 Å². The minimum atomic E-state index is -4.16. The van der Waals surface area contributed by atoms with Crippen LogP contribution < -0.4 is 10.6 Å². The summed E-state index contributed by atoms with van der Waals surface area (Å²) in [7, 11) is -4.16. The molecule has 0 heterocycles. The van der Waals surface area contributed by atoms with Crippen LogP contribution in [0.25, 0.3) is 0 Å². The third-order valence-electron chi connectivity index (χ3n) is 3.42. The van der Waals surface area contributed by atoms with E-state index in [-0.39, 0.29) is 10.6 Å². The van der Waals surface area contributed by atoms with E-state index in [4.69, 9.17) is 0 Å². The molecule has 1 nitrogen and oxygen atoms in total. The van der Waals surface area contributed by atoms with Crippen LogP contribution in [0, 0.1) is 11.8 Å². The van der Waals surface area contributed by atoms with Gasteiger partial charge in [0, 0.05) is 16.4 Å². The average molecular weight is 320 g/mol. The maximum atomic E-state index is 15.0. The Balaban J connectivity index is 2.06. The van der Waals surface area contributed by atoms with Crippen LogP contribution >= 0.6 is 7.45 Å². The van der Waals surface area contributed by atoms with Gasteiger partial charge < -0.3 is 0 Å². The second-order valence-electron chi connectivity index (χ2n) is 5.00. The molecule has 0 spiro atoms. The first-order valence-corrected chi connectivity index (χ1v) is 8.80. The van der Waals surface area contributed by atoms with E-state index in [9.17, 15) is 4.57 Å². The lowest BCUT2D eigenvalue weighted by Gasteiger charge is -2.11. The largest absolute Gasteiger partial charge is 0.301 e. The maximum Gasteiger partial charge on any atom is 0.301 e. The second kappa shape index (κ2) is 6.65. The molecule has 0 saturated carbocycles. The summed E-state index contributed by atoms with van der Waals surface area (Å²) >= 11 is 0. The van der Waals surface area contributed by atoms with E-state index in [1.807, 2.05) is 30.3 Å². The molecule has 112 valence electrons. The lowest BCUT2D eigenvalue weighted by atomic mass is 10.2. The van der Waals surface area contributed by atoms with Crippen molar-refractivity contribution < 1.29 is 8.76 Å². The summed E-state index contributed by atoms with van der Waals surface area (Å²) < 4.78 is 27.7. The summed E-state index contributed by atoms with van der Waals surface area (Å²) in [6.07, 6.45) is 0. The highest BCUT2D eigenvalue weighted by atomic mass is 31.2. The molecule has 3 aromatic carbocycles. The molecule has 0 aliphatic carbocycles. The third-order valence-corrected chi connectivity index (χ3v) is 5.39. The van der Waals surface area contributed by atoms with Crippen molar-refractivity contribution in [2.24, 2.45) is 0 Å². The van der Waals surface area contributed by atoms with Crippen LogP contribution in [-0.4, -0.2) is 0 Å². The van der Waals surface area contributed by atoms with Crippen molar-refractivity contribution >= 4 is 18.1 Å². The van der Waals surface area contributed by atoms with Crippen LogP contribution in [0.4, 0.5) is 4.20 Å². The molecule has 1 unspecified atom stereocenters. The van der Waals surface area contributed by atoms with Gasteiger partial charge in [-0.3, -0.25) is 4.57 Å². The van der Waals surface area contributed by atoms with E-state index >= 15 is 4.20 Å². The lowest BCUT2D eigenvalue weighted by molar-refractivity contribution is 0.558. The molecule has 0 saturated heterocycles. The Bertz CT molecular complexity index is 908. The minimum absolute atomic E-state index is 0.148. The van der Waals surface area contributed by atoms with Crippen molar-refractivity contribution in [2.75, 3.05) is 0 Å². The fraction of sp³-hybridized carbons (Fsp3) is 0. The Morgan fingerprint density at radius 1 is 0.696 bits per heavy atom. The molecule has 3 heteroatoms. The Kier molecular flexibility index (Phi) is 4.42. The van der Waals surface area contributed by atoms with Gasteiger partial charge in [-0.1, -0.05) is 60.4 Å². The molecule has 0 radical (unpaired) electrons. The van der Waals surface area contributed by atoms with Crippen molar-refractivity contribution in [3.8, 4) is 11.8 Å². The van der Waals surface area contributed by atoms with Crippen LogP contribution in [0.3, 0.4) is 0 Å². The summed E-state index contributed by atoms with van der Waals surface area (Å²) in [5.41, 5.74) is 1.28. The monoisotopic (exact) mass is 320 g/mol. The molecule has 1 atom stereocenters. The first-order valence-electron chi connectivity index (χ1n) is 7.20. The maximum absolute atomic E-state index is 15.0. The van der Waals surface area contributed by atoms with Crippen molar-refractivity contribution in [1.82, 2.24) is 0 Å². The smallest absolute Gasteiger partial charge is 0.277 e. The molecule has 0 amide bonds. The van der Waals surface area contributed by atoms with E-state index < -0.39 is 7.45 Å². The molecule has 0 aromatic heterocycles. The Hall–Kier alpha value is -2.62. The molecule has 3 rings (SSSR count). The number of hydrogen-bond acceptors (Lipinski definition) is 1. The highest BCUT2D eigenvalue weighted by Gasteiger charge is 2.28. The van der Waals surface area contributed by atoms with Gasteiger partial charge in [0.2, 0.25) is 0 Å². The van der Waals surface area contributed by atoms with Gasteiger partial charge in [0.25, 0.3) is 0 Å². The van der Waals surface area contributed by atoms with Gasteiger partial charge in [0.15, 0.2) is 0 Å². The highest BCUT2D eigenvalue weighted by Crippen LogP contribution is 2.45. The fourth-order valence-electron chi connectivity index (χ4n) is 2.25. The fourth-order valence-corrected chi connectivity index (χ4v) is 3.80. The van der Waals surface area contributed by atoms with Crippen LogP contribution in [0.2, 0.25) is 0 Å². The Labute approximate surface area is 135 Å². The molecule has 23 heavy (non-hydrogen) atoms. The molecular weight excluding hydrogens is 306 g/mol. The van der Waals surface area contributed by atoms with Gasteiger partial charge in [-0.05, 0) is 36.4 Å². The number of hydrogen-bond donors (Lipinski definition) is 0. The molecule has 0 fully saturated rings. The molecule has 0 aliphatic rings. The van der Waals surface area contributed by atoms with E-state index in [1.54, 1.807) is 54.6 Å². The van der Waals surface area contributed by atoms with E-state index in [0.717, 1.165) is 5.56 Å². The molecule has 0 N–H and O–H groups in total. The Morgan fingerprint density at radius 2 is 1.26 bits per heavy atom. The Morgan fingerprint density at radius 3 is 1.96 bits per heavy atom. The molecule has 3 aromatic rings. The van der Waals surface area contributed by atoms with E-state index in [2.05, 4.69) is 11.8 Å². The molecule has 0 aliphatic heterocycles. The van der Waals surface area contributed by atoms with Gasteiger partial charge in [0.1, 0.15) is 0 Å². The second-order valence-corrected chi connectivity index (χ2v) is 7.06. The van der Waals surface area contributed by atoms with Gasteiger partial charge >= 0.3 is 7.45 Å². The number of halogens is 1. The summed E-state index contributed by atoms with van der Waals surface area (Å²) in [5.74, 6) is 5.93. The van der Waals surface area contributed by atoms with Crippen LogP contribution in [-0.2, 0) is 4.57 Å². The predicted molar refractivity (Wildman–Crippen MR) is 93.3 cm³/mol. The predicted octanol–water partition coefficient (Wildman–Crippen LogP) is 4.28. The first-order chi connectivity index (χ1) is 11.2. The molecular formula is C20H14FOP. The zero-order chi connectivity index (χ0) is 16.1. The summed E-state index contributed by atoms with van der Waals surface area (Å²) in [4.78, 5) is 0. The van der Waals surface area contributed by atoms with Gasteiger partial charge in [-0.25, -0.2) is 0 Å². The highest BCUT2D eigenvalue weighted by molar-refractivity contribution is 7.74. The van der Waals surface area contributed by atoms with Crippen molar-refractivity contribution in [3.63, 3.8) is 0 Å². The first kappa shape index (κ1) is 15.3. The van der Waals surface area contributed by atoms with E-state index in [0.29, 0.717) is 5.56 Å². The van der Waals surface area contributed by atoms with Crippen LogP contribution in [0.1, 0.15) is 11.1 Å². The topological polar surface area (TPSA) is 17.1 Å². The SMILES string of the molecule is O=P(F)(c1ccccc1)c1ccccc1C#Cc1ccccc1. The standard InChI is InChI=1S/C20H14FOP/c21-23(22,19-12-5-2-6-13-19)20-14-8-7-11-18(20)16-15-17-9-3-1-4-10-17/h1-14H. The summed E-state index contributed by atoms with van der Waals surface area (Å²) in [6.45, 7) is 0. The normalized spacial score (nSPS) is 12.7. The van der Waals surface area contributed by atoms with Crippen molar-refractivity contribution in [1.29, 1.82) is 0 Å². The van der Waals surface area contributed by atoms with Crippen LogP contribution in [0.5, 0.6) is 0 Å². The quantitative estimate of drug-likeness (QED) is 0.509. The summed E-state index contributed by atoms with van der Waals surface area (Å²) in [6, 6.07) is 24.3.